The molecule has 130 valence electrons. The summed E-state index contributed by atoms with van der Waals surface area (Å²) in [5.41, 5.74) is 0.481. The fourth-order valence-corrected chi connectivity index (χ4v) is 2.43. The van der Waals surface area contributed by atoms with Gasteiger partial charge in [-0.15, -0.1) is 11.8 Å². The molecule has 0 spiro atoms. The first-order valence-electron chi connectivity index (χ1n) is 7.57. The molecule has 2 amide bonds. The summed E-state index contributed by atoms with van der Waals surface area (Å²) in [4.78, 5) is 35.0. The van der Waals surface area contributed by atoms with Crippen LogP contribution in [0.25, 0.3) is 0 Å². The number of halogens is 1. The van der Waals surface area contributed by atoms with Crippen molar-refractivity contribution in [1.29, 1.82) is 0 Å². The number of ether oxygens (including phenoxy) is 1. The summed E-state index contributed by atoms with van der Waals surface area (Å²) in [5, 5.41) is 4.74. The molecule has 0 aliphatic heterocycles. The van der Waals surface area contributed by atoms with Crippen LogP contribution in [0.5, 0.6) is 0 Å². The lowest BCUT2D eigenvalue weighted by Crippen LogP contribution is -2.32. The molecule has 24 heavy (non-hydrogen) atoms. The second kappa shape index (κ2) is 8.68. The highest BCUT2D eigenvalue weighted by Crippen LogP contribution is 2.18. The van der Waals surface area contributed by atoms with Gasteiger partial charge in [-0.2, -0.15) is 0 Å². The summed E-state index contributed by atoms with van der Waals surface area (Å²) in [6, 6.07) is 5.62. The van der Waals surface area contributed by atoms with E-state index in [1.54, 1.807) is 6.92 Å². The van der Waals surface area contributed by atoms with Crippen LogP contribution in [0.3, 0.4) is 0 Å². The first-order valence-corrected chi connectivity index (χ1v) is 8.62. The molecule has 0 unspecified atom stereocenters. The molecule has 1 aliphatic carbocycles. The lowest BCUT2D eigenvalue weighted by molar-refractivity contribution is -0.147. The Labute approximate surface area is 143 Å². The number of amides is 2. The fraction of sp³-hybridized carbons (Fsp3) is 0.438. The largest absolute Gasteiger partial charge is 0.455 e. The molecule has 1 aromatic carbocycles. The number of anilines is 1. The van der Waals surface area contributed by atoms with Gasteiger partial charge in [0.15, 0.2) is 6.61 Å². The van der Waals surface area contributed by atoms with E-state index in [-0.39, 0.29) is 36.0 Å². The molecule has 1 aromatic rings. The van der Waals surface area contributed by atoms with Crippen molar-refractivity contribution in [3.8, 4) is 0 Å². The van der Waals surface area contributed by atoms with Crippen LogP contribution in [0, 0.1) is 5.82 Å². The maximum atomic E-state index is 12.8. The van der Waals surface area contributed by atoms with Crippen LogP contribution in [-0.4, -0.2) is 41.4 Å². The van der Waals surface area contributed by atoms with Gasteiger partial charge in [-0.1, -0.05) is 0 Å². The molecular weight excluding hydrogens is 335 g/mol. The number of hydrogen-bond donors (Lipinski definition) is 2. The number of nitrogens with one attached hydrogen (secondary N) is 2. The van der Waals surface area contributed by atoms with E-state index in [4.69, 9.17) is 4.74 Å². The van der Waals surface area contributed by atoms with Gasteiger partial charge in [-0.3, -0.25) is 14.4 Å². The van der Waals surface area contributed by atoms with Gasteiger partial charge >= 0.3 is 5.97 Å². The molecule has 6 nitrogen and oxygen atoms in total. The molecular formula is C16H19FN2O4S. The summed E-state index contributed by atoms with van der Waals surface area (Å²) >= 11 is 1.10. The molecule has 2 rings (SSSR count). The van der Waals surface area contributed by atoms with Gasteiger partial charge in [0.25, 0.3) is 5.91 Å². The van der Waals surface area contributed by atoms with Crippen LogP contribution >= 0.6 is 11.8 Å². The number of benzene rings is 1. The van der Waals surface area contributed by atoms with Crippen molar-refractivity contribution in [1.82, 2.24) is 5.32 Å². The molecule has 0 saturated heterocycles. The summed E-state index contributed by atoms with van der Waals surface area (Å²) < 4.78 is 17.7. The van der Waals surface area contributed by atoms with Gasteiger partial charge in [0, 0.05) is 11.7 Å². The predicted molar refractivity (Wildman–Crippen MR) is 89.1 cm³/mol. The van der Waals surface area contributed by atoms with Gasteiger partial charge in [-0.05, 0) is 44.0 Å². The van der Waals surface area contributed by atoms with Crippen molar-refractivity contribution < 1.29 is 23.5 Å². The monoisotopic (exact) mass is 354 g/mol. The van der Waals surface area contributed by atoms with E-state index in [0.29, 0.717) is 5.69 Å². The third-order valence-electron chi connectivity index (χ3n) is 3.21. The first kappa shape index (κ1) is 18.3. The predicted octanol–water partition coefficient (Wildman–Crippen LogP) is 1.71. The minimum atomic E-state index is -0.572. The number of rotatable bonds is 8. The van der Waals surface area contributed by atoms with E-state index >= 15 is 0 Å². The lowest BCUT2D eigenvalue weighted by Gasteiger charge is -2.11. The topological polar surface area (TPSA) is 84.5 Å². The van der Waals surface area contributed by atoms with Gasteiger partial charge in [0.05, 0.1) is 5.75 Å². The Morgan fingerprint density at radius 1 is 1.25 bits per heavy atom. The third kappa shape index (κ3) is 6.57. The molecule has 1 aliphatic rings. The number of esters is 1. The average molecular weight is 354 g/mol. The third-order valence-corrected chi connectivity index (χ3v) is 4.33. The summed E-state index contributed by atoms with van der Waals surface area (Å²) in [6.45, 7) is 1.30. The van der Waals surface area contributed by atoms with Crippen LogP contribution in [0.2, 0.25) is 0 Å². The molecule has 0 bridgehead atoms. The van der Waals surface area contributed by atoms with Gasteiger partial charge in [0.1, 0.15) is 11.1 Å². The summed E-state index contributed by atoms with van der Waals surface area (Å²) in [6.07, 6.45) is 1.93. The zero-order chi connectivity index (χ0) is 17.5. The van der Waals surface area contributed by atoms with Gasteiger partial charge in [-0.25, -0.2) is 4.39 Å². The number of hydrogen-bond acceptors (Lipinski definition) is 5. The highest BCUT2D eigenvalue weighted by Gasteiger charge is 2.24. The Morgan fingerprint density at radius 3 is 2.54 bits per heavy atom. The SMILES string of the molecule is C[C@@H](SCC(=O)Nc1ccc(F)cc1)C(=O)OCC(=O)NC1CC1. The highest BCUT2D eigenvalue weighted by atomic mass is 32.2. The smallest absolute Gasteiger partial charge is 0.319 e. The summed E-state index contributed by atoms with van der Waals surface area (Å²) in [7, 11) is 0. The minimum absolute atomic E-state index is 0.0436. The minimum Gasteiger partial charge on any atom is -0.455 e. The van der Waals surface area contributed by atoms with Crippen molar-refractivity contribution in [2.45, 2.75) is 31.1 Å². The molecule has 1 fully saturated rings. The molecule has 2 N–H and O–H groups in total. The molecule has 0 radical (unpaired) electrons. The summed E-state index contributed by atoms with van der Waals surface area (Å²) in [5.74, 6) is -1.50. The average Bonchev–Trinajstić information content (AvgIpc) is 3.36. The number of carbonyl (C=O) groups is 3. The zero-order valence-electron chi connectivity index (χ0n) is 13.2. The number of carbonyl (C=O) groups excluding carboxylic acids is 3. The maximum absolute atomic E-state index is 12.8. The van der Waals surface area contributed by atoms with Crippen LogP contribution in [0.1, 0.15) is 19.8 Å². The molecule has 8 heteroatoms. The molecule has 0 aromatic heterocycles. The Kier molecular flexibility index (Phi) is 6.60. The first-order chi connectivity index (χ1) is 11.4. The second-order valence-electron chi connectivity index (χ2n) is 5.46. The van der Waals surface area contributed by atoms with Crippen molar-refractivity contribution in [2.75, 3.05) is 17.7 Å². The molecule has 1 saturated carbocycles. The van der Waals surface area contributed by atoms with Crippen molar-refractivity contribution >= 4 is 35.2 Å². The Balaban J connectivity index is 1.64. The van der Waals surface area contributed by atoms with Gasteiger partial charge < -0.3 is 15.4 Å². The Bertz CT molecular complexity index is 605. The Hall–Kier alpha value is -2.09. The van der Waals surface area contributed by atoms with Crippen LogP contribution in [-0.2, 0) is 19.1 Å². The van der Waals surface area contributed by atoms with Crippen molar-refractivity contribution in [3.05, 3.63) is 30.1 Å². The van der Waals surface area contributed by atoms with E-state index in [0.717, 1.165) is 24.6 Å². The normalized spacial score (nSPS) is 14.6. The van der Waals surface area contributed by atoms with Gasteiger partial charge in [0.2, 0.25) is 5.91 Å². The lowest BCUT2D eigenvalue weighted by atomic mass is 10.3. The zero-order valence-corrected chi connectivity index (χ0v) is 14.0. The standard InChI is InChI=1S/C16H19FN2O4S/c1-10(16(22)23-8-14(20)18-13-6-7-13)24-9-15(21)19-12-4-2-11(17)3-5-12/h2-5,10,13H,6-9H2,1H3,(H,18,20)(H,19,21)/t10-/m1/s1. The van der Waals surface area contributed by atoms with E-state index < -0.39 is 11.2 Å². The van der Waals surface area contributed by atoms with Crippen LogP contribution < -0.4 is 10.6 Å². The fourth-order valence-electron chi connectivity index (χ4n) is 1.75. The highest BCUT2D eigenvalue weighted by molar-refractivity contribution is 8.01. The quantitative estimate of drug-likeness (QED) is 0.694. The van der Waals surface area contributed by atoms with E-state index in [2.05, 4.69) is 10.6 Å². The Morgan fingerprint density at radius 2 is 1.92 bits per heavy atom. The van der Waals surface area contributed by atoms with E-state index in [1.165, 1.54) is 24.3 Å². The van der Waals surface area contributed by atoms with E-state index in [1.807, 2.05) is 0 Å². The molecule has 1 atom stereocenters. The molecule has 0 heterocycles. The van der Waals surface area contributed by atoms with E-state index in [9.17, 15) is 18.8 Å². The van der Waals surface area contributed by atoms with Crippen molar-refractivity contribution in [2.24, 2.45) is 0 Å². The number of thioether (sulfide) groups is 1. The van der Waals surface area contributed by atoms with Crippen LogP contribution in [0.15, 0.2) is 24.3 Å². The second-order valence-corrected chi connectivity index (χ2v) is 6.79. The van der Waals surface area contributed by atoms with Crippen LogP contribution in [0.4, 0.5) is 10.1 Å². The maximum Gasteiger partial charge on any atom is 0.319 e. The van der Waals surface area contributed by atoms with Crippen molar-refractivity contribution in [3.63, 3.8) is 0 Å².